The Morgan fingerprint density at radius 3 is 2.67 bits per heavy atom. The number of halogens is 1. The van der Waals surface area contributed by atoms with Crippen molar-refractivity contribution in [3.63, 3.8) is 0 Å². The van der Waals surface area contributed by atoms with Crippen LogP contribution in [-0.2, 0) is 4.79 Å². The summed E-state index contributed by atoms with van der Waals surface area (Å²) in [6.07, 6.45) is 0. The second-order valence-corrected chi connectivity index (χ2v) is 2.82. The Kier molecular flexibility index (Phi) is 1.66. The second kappa shape index (κ2) is 2.68. The van der Waals surface area contributed by atoms with E-state index >= 15 is 0 Å². The molecule has 0 spiro atoms. The fourth-order valence-electron chi connectivity index (χ4n) is 1.02. The summed E-state index contributed by atoms with van der Waals surface area (Å²) in [5, 5.41) is 1.27. The molecule has 0 aromatic heterocycles. The van der Waals surface area contributed by atoms with Crippen molar-refractivity contribution in [2.24, 2.45) is 9.98 Å². The Bertz CT molecular complexity index is 441. The fourth-order valence-corrected chi connectivity index (χ4v) is 1.17. The molecular formula is C8H5ClN2O. The van der Waals surface area contributed by atoms with E-state index in [1.807, 2.05) is 6.07 Å². The number of amides is 1. The van der Waals surface area contributed by atoms with Crippen LogP contribution in [0.15, 0.2) is 34.3 Å². The number of benzene rings is 1. The SMILES string of the molecule is O=C1N=c2ccccc2=NC1Cl. The van der Waals surface area contributed by atoms with Gasteiger partial charge in [0.2, 0.25) is 5.50 Å². The van der Waals surface area contributed by atoms with Crippen LogP contribution in [0.1, 0.15) is 0 Å². The van der Waals surface area contributed by atoms with Gasteiger partial charge in [0, 0.05) is 0 Å². The minimum Gasteiger partial charge on any atom is -0.269 e. The molecule has 0 saturated carbocycles. The monoisotopic (exact) mass is 180 g/mol. The van der Waals surface area contributed by atoms with Crippen molar-refractivity contribution in [1.82, 2.24) is 0 Å². The molecule has 1 atom stereocenters. The van der Waals surface area contributed by atoms with Gasteiger partial charge in [-0.1, -0.05) is 23.7 Å². The molecule has 1 amide bonds. The Morgan fingerprint density at radius 1 is 1.25 bits per heavy atom. The summed E-state index contributed by atoms with van der Waals surface area (Å²) < 4.78 is 0. The lowest BCUT2D eigenvalue weighted by atomic mass is 10.3. The van der Waals surface area contributed by atoms with Gasteiger partial charge in [-0.25, -0.2) is 4.99 Å². The molecule has 1 aromatic rings. The van der Waals surface area contributed by atoms with Crippen LogP contribution in [0.3, 0.4) is 0 Å². The lowest BCUT2D eigenvalue weighted by Crippen LogP contribution is -2.34. The van der Waals surface area contributed by atoms with Crippen LogP contribution in [0.4, 0.5) is 0 Å². The first kappa shape index (κ1) is 7.43. The minimum atomic E-state index is -0.847. The van der Waals surface area contributed by atoms with Gasteiger partial charge in [0.15, 0.2) is 0 Å². The highest BCUT2D eigenvalue weighted by molar-refractivity contribution is 6.30. The number of hydrogen-bond acceptors (Lipinski definition) is 2. The average Bonchev–Trinajstić information content (AvgIpc) is 2.07. The third-order valence-electron chi connectivity index (χ3n) is 1.57. The smallest absolute Gasteiger partial charge is 0.269 e. The van der Waals surface area contributed by atoms with E-state index in [2.05, 4.69) is 9.98 Å². The molecular weight excluding hydrogens is 176 g/mol. The number of carbonyl (C=O) groups excluding carboxylic acids is 1. The number of nitrogens with zero attached hydrogens (tertiary/aromatic N) is 2. The molecule has 1 unspecified atom stereocenters. The van der Waals surface area contributed by atoms with Crippen molar-refractivity contribution < 1.29 is 4.79 Å². The highest BCUT2D eigenvalue weighted by Gasteiger charge is 2.15. The van der Waals surface area contributed by atoms with Gasteiger partial charge >= 0.3 is 0 Å². The number of fused-ring (bicyclic) bond motifs is 1. The number of para-hydroxylation sites is 2. The van der Waals surface area contributed by atoms with Crippen LogP contribution in [0.25, 0.3) is 0 Å². The lowest BCUT2D eigenvalue weighted by Gasteiger charge is -2.02. The standard InChI is InChI=1S/C8H5ClN2O/c9-7-8(12)11-6-4-2-1-3-5(6)10-7/h1-4,7H. The quantitative estimate of drug-likeness (QED) is 0.410. The van der Waals surface area contributed by atoms with Crippen LogP contribution in [0, 0.1) is 0 Å². The third kappa shape index (κ3) is 1.12. The zero-order chi connectivity index (χ0) is 8.55. The largest absolute Gasteiger partial charge is 0.286 e. The number of hydrogen-bond donors (Lipinski definition) is 0. The van der Waals surface area contributed by atoms with Gasteiger partial charge in [-0.15, -0.1) is 0 Å². The third-order valence-corrected chi connectivity index (χ3v) is 1.85. The van der Waals surface area contributed by atoms with Gasteiger partial charge in [-0.2, -0.15) is 0 Å². The molecule has 12 heavy (non-hydrogen) atoms. The van der Waals surface area contributed by atoms with Crippen molar-refractivity contribution >= 4 is 17.5 Å². The molecule has 1 heterocycles. The molecule has 3 nitrogen and oxygen atoms in total. The summed E-state index contributed by atoms with van der Waals surface area (Å²) in [6, 6.07) is 7.15. The maximum absolute atomic E-state index is 11.0. The van der Waals surface area contributed by atoms with E-state index in [1.54, 1.807) is 18.2 Å². The molecule has 0 N–H and O–H groups in total. The molecule has 2 rings (SSSR count). The Hall–Kier alpha value is -1.22. The summed E-state index contributed by atoms with van der Waals surface area (Å²) in [4.78, 5) is 18.7. The van der Waals surface area contributed by atoms with E-state index in [0.29, 0.717) is 10.7 Å². The molecule has 4 heteroatoms. The zero-order valence-corrected chi connectivity index (χ0v) is 6.82. The second-order valence-electron chi connectivity index (χ2n) is 2.40. The topological polar surface area (TPSA) is 41.8 Å². The first-order chi connectivity index (χ1) is 5.77. The average molecular weight is 181 g/mol. The van der Waals surface area contributed by atoms with Gasteiger partial charge in [0.25, 0.3) is 5.91 Å². The van der Waals surface area contributed by atoms with Crippen molar-refractivity contribution in [3.05, 3.63) is 35.0 Å². The molecule has 0 saturated heterocycles. The zero-order valence-electron chi connectivity index (χ0n) is 6.07. The van der Waals surface area contributed by atoms with Crippen LogP contribution >= 0.6 is 11.6 Å². The predicted molar refractivity (Wildman–Crippen MR) is 43.4 cm³/mol. The maximum atomic E-state index is 11.0. The molecule has 0 radical (unpaired) electrons. The van der Waals surface area contributed by atoms with E-state index in [4.69, 9.17) is 11.6 Å². The first-order valence-electron chi connectivity index (χ1n) is 3.47. The van der Waals surface area contributed by atoms with Crippen LogP contribution in [-0.4, -0.2) is 11.4 Å². The Balaban J connectivity index is 2.79. The Labute approximate surface area is 73.4 Å². The lowest BCUT2D eigenvalue weighted by molar-refractivity contribution is -0.117. The predicted octanol–water partition coefficient (Wildman–Crippen LogP) is 0.0309. The normalized spacial score (nSPS) is 20.8. The molecule has 1 aromatic carbocycles. The summed E-state index contributed by atoms with van der Waals surface area (Å²) in [5.74, 6) is -0.393. The van der Waals surface area contributed by atoms with Crippen molar-refractivity contribution in [1.29, 1.82) is 0 Å². The van der Waals surface area contributed by atoms with Crippen LogP contribution < -0.4 is 10.7 Å². The summed E-state index contributed by atoms with van der Waals surface area (Å²) in [7, 11) is 0. The van der Waals surface area contributed by atoms with E-state index in [1.165, 1.54) is 0 Å². The highest BCUT2D eigenvalue weighted by atomic mass is 35.5. The molecule has 0 fully saturated rings. The van der Waals surface area contributed by atoms with E-state index in [0.717, 1.165) is 0 Å². The van der Waals surface area contributed by atoms with Crippen molar-refractivity contribution in [3.8, 4) is 0 Å². The maximum Gasteiger partial charge on any atom is 0.286 e. The van der Waals surface area contributed by atoms with E-state index in [9.17, 15) is 4.79 Å². The van der Waals surface area contributed by atoms with Crippen molar-refractivity contribution in [2.45, 2.75) is 5.50 Å². The van der Waals surface area contributed by atoms with Gasteiger partial charge in [0.1, 0.15) is 0 Å². The Morgan fingerprint density at radius 2 is 1.92 bits per heavy atom. The number of alkyl halides is 1. The van der Waals surface area contributed by atoms with Crippen molar-refractivity contribution in [2.75, 3.05) is 0 Å². The highest BCUT2D eigenvalue weighted by Crippen LogP contribution is 2.00. The summed E-state index contributed by atoms with van der Waals surface area (Å²) >= 11 is 5.58. The molecule has 60 valence electrons. The molecule has 1 aliphatic heterocycles. The van der Waals surface area contributed by atoms with Crippen LogP contribution in [0.2, 0.25) is 0 Å². The van der Waals surface area contributed by atoms with Crippen LogP contribution in [0.5, 0.6) is 0 Å². The number of rotatable bonds is 0. The van der Waals surface area contributed by atoms with Gasteiger partial charge < -0.3 is 0 Å². The molecule has 0 aliphatic carbocycles. The van der Waals surface area contributed by atoms with Gasteiger partial charge in [-0.3, -0.25) is 9.79 Å². The summed E-state index contributed by atoms with van der Waals surface area (Å²) in [6.45, 7) is 0. The summed E-state index contributed by atoms with van der Waals surface area (Å²) in [5.41, 5.74) is -0.847. The molecule has 1 aliphatic rings. The molecule has 0 bridgehead atoms. The first-order valence-corrected chi connectivity index (χ1v) is 3.90. The van der Waals surface area contributed by atoms with Gasteiger partial charge in [0.05, 0.1) is 10.7 Å². The fraction of sp³-hybridized carbons (Fsp3) is 0.125. The number of carbonyl (C=O) groups is 1. The van der Waals surface area contributed by atoms with E-state index in [-0.39, 0.29) is 0 Å². The van der Waals surface area contributed by atoms with Gasteiger partial charge in [-0.05, 0) is 12.1 Å². The minimum absolute atomic E-state index is 0.393. The van der Waals surface area contributed by atoms with E-state index < -0.39 is 11.4 Å².